The summed E-state index contributed by atoms with van der Waals surface area (Å²) in [5, 5.41) is 0.824. The average Bonchev–Trinajstić information content (AvgIpc) is 2.97. The first-order valence-corrected chi connectivity index (χ1v) is 9.84. The number of hydrogen-bond donors (Lipinski definition) is 0. The van der Waals surface area contributed by atoms with Crippen molar-refractivity contribution in [1.29, 1.82) is 0 Å². The first-order valence-electron chi connectivity index (χ1n) is 9.46. The number of benzene rings is 2. The molecule has 0 saturated carbocycles. The highest BCUT2D eigenvalue weighted by Gasteiger charge is 2.18. The second kappa shape index (κ2) is 7.87. The summed E-state index contributed by atoms with van der Waals surface area (Å²) in [5.74, 6) is 0.711. The van der Waals surface area contributed by atoms with E-state index in [9.17, 15) is 4.39 Å². The van der Waals surface area contributed by atoms with E-state index >= 15 is 0 Å². The molecule has 6 heteroatoms. The van der Waals surface area contributed by atoms with Crippen LogP contribution >= 0.6 is 11.6 Å². The van der Waals surface area contributed by atoms with Gasteiger partial charge in [0.1, 0.15) is 11.6 Å². The molecule has 1 saturated heterocycles. The summed E-state index contributed by atoms with van der Waals surface area (Å²) in [6, 6.07) is 12.9. The zero-order chi connectivity index (χ0) is 18.8. The Morgan fingerprint density at radius 2 is 1.81 bits per heavy atom. The Labute approximate surface area is 164 Å². The molecule has 27 heavy (non-hydrogen) atoms. The van der Waals surface area contributed by atoms with E-state index in [1.165, 1.54) is 12.1 Å². The van der Waals surface area contributed by atoms with E-state index in [0.29, 0.717) is 0 Å². The van der Waals surface area contributed by atoms with Gasteiger partial charge in [0, 0.05) is 38.8 Å². The van der Waals surface area contributed by atoms with Crippen LogP contribution in [-0.2, 0) is 6.54 Å². The van der Waals surface area contributed by atoms with Crippen molar-refractivity contribution < 1.29 is 4.39 Å². The van der Waals surface area contributed by atoms with Crippen LogP contribution in [0.4, 0.5) is 10.1 Å². The molecule has 1 aliphatic heterocycles. The minimum absolute atomic E-state index is 0.233. The molecule has 0 atom stereocenters. The molecule has 1 aliphatic rings. The Hall–Kier alpha value is -2.11. The van der Waals surface area contributed by atoms with Gasteiger partial charge in [-0.2, -0.15) is 0 Å². The van der Waals surface area contributed by atoms with Crippen molar-refractivity contribution in [3.63, 3.8) is 0 Å². The molecule has 4 rings (SSSR count). The minimum atomic E-state index is -0.233. The number of rotatable bonds is 5. The van der Waals surface area contributed by atoms with Crippen molar-refractivity contribution in [3.05, 3.63) is 59.1 Å². The maximum Gasteiger partial charge on any atom is 0.125 e. The third-order valence-corrected chi connectivity index (χ3v) is 5.64. The molecule has 2 heterocycles. The summed E-state index contributed by atoms with van der Waals surface area (Å²) in [6.45, 7) is 8.02. The second-order valence-corrected chi connectivity index (χ2v) is 7.48. The van der Waals surface area contributed by atoms with Gasteiger partial charge >= 0.3 is 0 Å². The van der Waals surface area contributed by atoms with Crippen LogP contribution in [-0.4, -0.2) is 47.2 Å². The second-order valence-electron chi connectivity index (χ2n) is 7.08. The van der Waals surface area contributed by atoms with Gasteiger partial charge in [-0.25, -0.2) is 9.37 Å². The number of aromatic nitrogens is 2. The summed E-state index contributed by atoms with van der Waals surface area (Å²) >= 11 is 6.32. The van der Waals surface area contributed by atoms with Gasteiger partial charge in [0.25, 0.3) is 0 Å². The van der Waals surface area contributed by atoms with Gasteiger partial charge in [0.2, 0.25) is 0 Å². The number of piperazine rings is 1. The fourth-order valence-electron chi connectivity index (χ4n) is 3.88. The molecular formula is C21H24ClFN4. The van der Waals surface area contributed by atoms with E-state index in [2.05, 4.69) is 25.4 Å². The van der Waals surface area contributed by atoms with Gasteiger partial charge in [0.05, 0.1) is 21.7 Å². The smallest absolute Gasteiger partial charge is 0.125 e. The predicted octanol–water partition coefficient (Wildman–Crippen LogP) is 4.35. The van der Waals surface area contributed by atoms with Crippen molar-refractivity contribution >= 4 is 28.3 Å². The number of nitrogens with zero attached hydrogens (tertiary/aromatic N) is 4. The lowest BCUT2D eigenvalue weighted by molar-refractivity contribution is 0.250. The molecule has 3 aromatic rings. The van der Waals surface area contributed by atoms with Gasteiger partial charge < -0.3 is 9.47 Å². The number of para-hydroxylation sites is 1. The van der Waals surface area contributed by atoms with E-state index in [4.69, 9.17) is 11.6 Å². The predicted molar refractivity (Wildman–Crippen MR) is 109 cm³/mol. The quantitative estimate of drug-likeness (QED) is 0.651. The zero-order valence-corrected chi connectivity index (χ0v) is 16.3. The molecule has 1 fully saturated rings. The molecule has 142 valence electrons. The monoisotopic (exact) mass is 386 g/mol. The lowest BCUT2D eigenvalue weighted by atomic mass is 10.2. The third-order valence-electron chi connectivity index (χ3n) is 5.32. The molecule has 0 N–H and O–H groups in total. The van der Waals surface area contributed by atoms with Gasteiger partial charge in [-0.05, 0) is 44.2 Å². The largest absolute Gasteiger partial charge is 0.368 e. The Morgan fingerprint density at radius 1 is 1.04 bits per heavy atom. The molecular weight excluding hydrogens is 363 g/mol. The summed E-state index contributed by atoms with van der Waals surface area (Å²) in [5.41, 5.74) is 2.88. The SMILES string of the molecule is Cc1nc2cc(F)ccc2n1CCCN1CCN(c2ccccc2Cl)CC1. The highest BCUT2D eigenvalue weighted by Crippen LogP contribution is 2.26. The number of fused-ring (bicyclic) bond motifs is 1. The summed E-state index contributed by atoms with van der Waals surface area (Å²) in [6.07, 6.45) is 1.05. The highest BCUT2D eigenvalue weighted by molar-refractivity contribution is 6.33. The van der Waals surface area contributed by atoms with Gasteiger partial charge in [-0.3, -0.25) is 4.90 Å². The Morgan fingerprint density at radius 3 is 2.59 bits per heavy atom. The maximum atomic E-state index is 13.4. The van der Waals surface area contributed by atoms with Crippen LogP contribution in [0.3, 0.4) is 0 Å². The van der Waals surface area contributed by atoms with Crippen LogP contribution in [0.25, 0.3) is 11.0 Å². The van der Waals surface area contributed by atoms with E-state index in [1.54, 1.807) is 0 Å². The van der Waals surface area contributed by atoms with E-state index in [1.807, 2.05) is 31.2 Å². The van der Waals surface area contributed by atoms with Crippen molar-refractivity contribution in [3.8, 4) is 0 Å². The maximum absolute atomic E-state index is 13.4. The highest BCUT2D eigenvalue weighted by atomic mass is 35.5. The summed E-state index contributed by atoms with van der Waals surface area (Å²) in [7, 11) is 0. The van der Waals surface area contributed by atoms with Crippen LogP contribution < -0.4 is 4.90 Å². The molecule has 0 spiro atoms. The van der Waals surface area contributed by atoms with Crippen LogP contribution in [0.5, 0.6) is 0 Å². The normalized spacial score (nSPS) is 15.6. The molecule has 0 aliphatic carbocycles. The van der Waals surface area contributed by atoms with Crippen LogP contribution in [0.15, 0.2) is 42.5 Å². The number of imidazole rings is 1. The van der Waals surface area contributed by atoms with Gasteiger partial charge in [-0.15, -0.1) is 0 Å². The number of hydrogen-bond acceptors (Lipinski definition) is 3. The first kappa shape index (κ1) is 18.3. The molecule has 0 amide bonds. The molecule has 1 aromatic heterocycles. The van der Waals surface area contributed by atoms with E-state index in [0.717, 1.165) is 73.3 Å². The Kier molecular flexibility index (Phi) is 5.32. The Balaban J connectivity index is 1.31. The van der Waals surface area contributed by atoms with Gasteiger partial charge in [0.15, 0.2) is 0 Å². The molecule has 0 radical (unpaired) electrons. The summed E-state index contributed by atoms with van der Waals surface area (Å²) < 4.78 is 15.6. The van der Waals surface area contributed by atoms with Crippen molar-refractivity contribution in [2.75, 3.05) is 37.6 Å². The first-order chi connectivity index (χ1) is 13.1. The zero-order valence-electron chi connectivity index (χ0n) is 15.5. The van der Waals surface area contributed by atoms with Crippen LogP contribution in [0.2, 0.25) is 5.02 Å². The van der Waals surface area contributed by atoms with Crippen molar-refractivity contribution in [2.45, 2.75) is 19.9 Å². The lowest BCUT2D eigenvalue weighted by Crippen LogP contribution is -2.46. The fourth-order valence-corrected chi connectivity index (χ4v) is 4.13. The lowest BCUT2D eigenvalue weighted by Gasteiger charge is -2.36. The van der Waals surface area contributed by atoms with Crippen LogP contribution in [0, 0.1) is 12.7 Å². The van der Waals surface area contributed by atoms with E-state index < -0.39 is 0 Å². The Bertz CT molecular complexity index is 931. The van der Waals surface area contributed by atoms with Crippen molar-refractivity contribution in [1.82, 2.24) is 14.5 Å². The number of anilines is 1. The van der Waals surface area contributed by atoms with Crippen LogP contribution in [0.1, 0.15) is 12.2 Å². The minimum Gasteiger partial charge on any atom is -0.368 e. The molecule has 0 bridgehead atoms. The summed E-state index contributed by atoms with van der Waals surface area (Å²) in [4.78, 5) is 9.34. The average molecular weight is 387 g/mol. The molecule has 2 aromatic carbocycles. The van der Waals surface area contributed by atoms with Gasteiger partial charge in [-0.1, -0.05) is 23.7 Å². The molecule has 0 unspecified atom stereocenters. The number of halogens is 2. The standard InChI is InChI=1S/C21H24ClFN4/c1-16-24-19-15-17(23)7-8-21(19)27(16)10-4-9-25-11-13-26(14-12-25)20-6-3-2-5-18(20)22/h2-3,5-8,15H,4,9-14H2,1H3. The van der Waals surface area contributed by atoms with Crippen molar-refractivity contribution in [2.24, 2.45) is 0 Å². The van der Waals surface area contributed by atoms with E-state index in [-0.39, 0.29) is 5.82 Å². The third kappa shape index (κ3) is 3.94. The number of aryl methyl sites for hydroxylation is 2. The topological polar surface area (TPSA) is 24.3 Å². The fraction of sp³-hybridized carbons (Fsp3) is 0.381. The molecule has 4 nitrogen and oxygen atoms in total.